The summed E-state index contributed by atoms with van der Waals surface area (Å²) in [6, 6.07) is 9.74. The van der Waals surface area contributed by atoms with E-state index in [9.17, 15) is 18.8 Å². The van der Waals surface area contributed by atoms with Crippen molar-refractivity contribution in [2.45, 2.75) is 12.8 Å². The number of amides is 2. The molecule has 142 valence electrons. The van der Waals surface area contributed by atoms with E-state index >= 15 is 0 Å². The average molecular weight is 413 g/mol. The van der Waals surface area contributed by atoms with Gasteiger partial charge < -0.3 is 15.4 Å². The van der Waals surface area contributed by atoms with Crippen molar-refractivity contribution >= 4 is 52.4 Å². The van der Waals surface area contributed by atoms with Crippen LogP contribution < -0.4 is 10.6 Å². The zero-order valence-electron chi connectivity index (χ0n) is 13.9. The molecule has 0 radical (unpaired) electrons. The van der Waals surface area contributed by atoms with Crippen LogP contribution in [0, 0.1) is 5.82 Å². The lowest BCUT2D eigenvalue weighted by atomic mass is 10.2. The van der Waals surface area contributed by atoms with Crippen molar-refractivity contribution in [3.63, 3.8) is 0 Å². The summed E-state index contributed by atoms with van der Waals surface area (Å²) in [5.74, 6) is -2.14. The van der Waals surface area contributed by atoms with Gasteiger partial charge in [0.25, 0.3) is 5.91 Å². The Morgan fingerprint density at radius 3 is 2.30 bits per heavy atom. The molecule has 2 aromatic carbocycles. The lowest BCUT2D eigenvalue weighted by Crippen LogP contribution is -2.22. The summed E-state index contributed by atoms with van der Waals surface area (Å²) in [6.07, 6.45) is -0.344. The number of anilines is 2. The number of rotatable bonds is 7. The molecule has 0 aliphatic carbocycles. The number of hydrogen-bond donors (Lipinski definition) is 2. The molecule has 2 amide bonds. The largest absolute Gasteiger partial charge is 0.456 e. The van der Waals surface area contributed by atoms with Crippen LogP contribution in [0.3, 0.4) is 0 Å². The third kappa shape index (κ3) is 7.24. The van der Waals surface area contributed by atoms with E-state index in [0.717, 1.165) is 0 Å². The number of halogens is 3. The van der Waals surface area contributed by atoms with Gasteiger partial charge in [0.1, 0.15) is 5.82 Å². The van der Waals surface area contributed by atoms with Crippen LogP contribution in [-0.2, 0) is 19.1 Å². The third-order valence-corrected chi connectivity index (χ3v) is 3.80. The zero-order chi connectivity index (χ0) is 19.8. The summed E-state index contributed by atoms with van der Waals surface area (Å²) in [7, 11) is 0. The monoisotopic (exact) mass is 412 g/mol. The first-order valence-corrected chi connectivity index (χ1v) is 8.55. The minimum atomic E-state index is -0.707. The Hall–Kier alpha value is -2.64. The highest BCUT2D eigenvalue weighted by Gasteiger charge is 2.12. The van der Waals surface area contributed by atoms with Gasteiger partial charge in [0.2, 0.25) is 5.91 Å². The molecule has 0 saturated heterocycles. The molecule has 0 spiro atoms. The van der Waals surface area contributed by atoms with Gasteiger partial charge in [-0.05, 0) is 42.5 Å². The molecule has 0 fully saturated rings. The van der Waals surface area contributed by atoms with Crippen LogP contribution in [0.5, 0.6) is 0 Å². The molecule has 6 nitrogen and oxygen atoms in total. The van der Waals surface area contributed by atoms with Gasteiger partial charge in [0.15, 0.2) is 6.61 Å². The van der Waals surface area contributed by atoms with E-state index in [1.165, 1.54) is 36.4 Å². The van der Waals surface area contributed by atoms with E-state index in [4.69, 9.17) is 27.9 Å². The van der Waals surface area contributed by atoms with Crippen LogP contribution in [-0.4, -0.2) is 24.4 Å². The Morgan fingerprint density at radius 2 is 1.63 bits per heavy atom. The second kappa shape index (κ2) is 9.89. The highest BCUT2D eigenvalue weighted by Crippen LogP contribution is 2.25. The standard InChI is InChI=1S/C18H15Cl2FN2O4/c19-11-1-6-15(14(20)9-11)23-17(25)10-27-18(26)8-7-16(24)22-13-4-2-12(21)3-5-13/h1-6,9H,7-8,10H2,(H,22,24)(H,23,25). The first kappa shape index (κ1) is 20.7. The van der Waals surface area contributed by atoms with Crippen LogP contribution in [0.2, 0.25) is 10.0 Å². The van der Waals surface area contributed by atoms with Gasteiger partial charge >= 0.3 is 5.97 Å². The number of nitrogens with one attached hydrogen (secondary N) is 2. The smallest absolute Gasteiger partial charge is 0.306 e. The number of carbonyl (C=O) groups is 3. The Balaban J connectivity index is 1.69. The van der Waals surface area contributed by atoms with Crippen molar-refractivity contribution < 1.29 is 23.5 Å². The summed E-state index contributed by atoms with van der Waals surface area (Å²) in [6.45, 7) is -0.516. The van der Waals surface area contributed by atoms with Crippen molar-refractivity contribution in [3.05, 3.63) is 58.3 Å². The number of esters is 1. The Labute approximate surface area is 164 Å². The van der Waals surface area contributed by atoms with Crippen molar-refractivity contribution in [2.24, 2.45) is 0 Å². The minimum absolute atomic E-state index is 0.138. The molecule has 2 N–H and O–H groups in total. The lowest BCUT2D eigenvalue weighted by molar-refractivity contribution is -0.147. The van der Waals surface area contributed by atoms with Crippen LogP contribution in [0.25, 0.3) is 0 Å². The highest BCUT2D eigenvalue weighted by molar-refractivity contribution is 6.36. The van der Waals surface area contributed by atoms with Crippen LogP contribution in [0.4, 0.5) is 15.8 Å². The van der Waals surface area contributed by atoms with Crippen LogP contribution in [0.15, 0.2) is 42.5 Å². The maximum absolute atomic E-state index is 12.8. The molecular formula is C18H15Cl2FN2O4. The second-order valence-electron chi connectivity index (χ2n) is 5.39. The molecule has 0 aromatic heterocycles. The zero-order valence-corrected chi connectivity index (χ0v) is 15.4. The fraction of sp³-hybridized carbons (Fsp3) is 0.167. The predicted molar refractivity (Wildman–Crippen MR) is 100 cm³/mol. The molecule has 0 aliphatic rings. The molecule has 0 heterocycles. The number of carbonyl (C=O) groups excluding carboxylic acids is 3. The van der Waals surface area contributed by atoms with Crippen molar-refractivity contribution in [2.75, 3.05) is 17.2 Å². The third-order valence-electron chi connectivity index (χ3n) is 3.25. The van der Waals surface area contributed by atoms with Crippen molar-refractivity contribution in [1.29, 1.82) is 0 Å². The maximum Gasteiger partial charge on any atom is 0.306 e. The van der Waals surface area contributed by atoms with Gasteiger partial charge in [-0.3, -0.25) is 14.4 Å². The molecule has 2 aromatic rings. The highest BCUT2D eigenvalue weighted by atomic mass is 35.5. The summed E-state index contributed by atoms with van der Waals surface area (Å²) in [5.41, 5.74) is 0.745. The van der Waals surface area contributed by atoms with Crippen molar-refractivity contribution in [1.82, 2.24) is 0 Å². The molecule has 0 aliphatic heterocycles. The molecular weight excluding hydrogens is 398 g/mol. The van der Waals surface area contributed by atoms with Crippen LogP contribution >= 0.6 is 23.2 Å². The normalized spacial score (nSPS) is 10.2. The summed E-state index contributed by atoms with van der Waals surface area (Å²) < 4.78 is 17.6. The van der Waals surface area contributed by atoms with Gasteiger partial charge in [-0.15, -0.1) is 0 Å². The molecule has 2 rings (SSSR count). The van der Waals surface area contributed by atoms with Gasteiger partial charge in [0, 0.05) is 17.1 Å². The fourth-order valence-electron chi connectivity index (χ4n) is 1.97. The average Bonchev–Trinajstić information content (AvgIpc) is 2.62. The van der Waals surface area contributed by atoms with E-state index < -0.39 is 30.2 Å². The van der Waals surface area contributed by atoms with Gasteiger partial charge in [0.05, 0.1) is 17.1 Å². The summed E-state index contributed by atoms with van der Waals surface area (Å²) in [4.78, 5) is 35.1. The minimum Gasteiger partial charge on any atom is -0.456 e. The Bertz CT molecular complexity index is 844. The lowest BCUT2D eigenvalue weighted by Gasteiger charge is -2.08. The maximum atomic E-state index is 12.8. The van der Waals surface area contributed by atoms with Gasteiger partial charge in [-0.1, -0.05) is 23.2 Å². The SMILES string of the molecule is O=C(CCC(=O)OCC(=O)Nc1ccc(Cl)cc1Cl)Nc1ccc(F)cc1. The second-order valence-corrected chi connectivity index (χ2v) is 6.23. The fourth-order valence-corrected chi connectivity index (χ4v) is 2.42. The molecule has 0 bridgehead atoms. The molecule has 0 atom stereocenters. The quantitative estimate of drug-likeness (QED) is 0.672. The number of ether oxygens (including phenoxy) is 1. The molecule has 0 saturated carbocycles. The molecule has 27 heavy (non-hydrogen) atoms. The Morgan fingerprint density at radius 1 is 0.926 bits per heavy atom. The predicted octanol–water partition coefficient (Wildman–Crippen LogP) is 4.03. The van der Waals surface area contributed by atoms with E-state index in [-0.39, 0.29) is 17.9 Å². The summed E-state index contributed by atoms with van der Waals surface area (Å²) >= 11 is 11.7. The van der Waals surface area contributed by atoms with Crippen LogP contribution in [0.1, 0.15) is 12.8 Å². The number of hydrogen-bond acceptors (Lipinski definition) is 4. The van der Waals surface area contributed by atoms with Crippen molar-refractivity contribution in [3.8, 4) is 0 Å². The summed E-state index contributed by atoms with van der Waals surface area (Å²) in [5, 5.41) is 5.66. The Kier molecular flexibility index (Phi) is 7.57. The molecule has 0 unspecified atom stereocenters. The first-order chi connectivity index (χ1) is 12.8. The van der Waals surface area contributed by atoms with Gasteiger partial charge in [-0.25, -0.2) is 4.39 Å². The van der Waals surface area contributed by atoms with E-state index in [2.05, 4.69) is 10.6 Å². The number of benzene rings is 2. The van der Waals surface area contributed by atoms with E-state index in [1.54, 1.807) is 6.07 Å². The topological polar surface area (TPSA) is 84.5 Å². The van der Waals surface area contributed by atoms with Gasteiger partial charge in [-0.2, -0.15) is 0 Å². The molecule has 9 heteroatoms. The first-order valence-electron chi connectivity index (χ1n) is 7.79. The van der Waals surface area contributed by atoms with E-state index in [0.29, 0.717) is 16.4 Å². The van der Waals surface area contributed by atoms with E-state index in [1.807, 2.05) is 0 Å².